The minimum Gasteiger partial charge on any atom is -0.420 e. The fourth-order valence-electron chi connectivity index (χ4n) is 8.33. The number of amidine groups is 1. The summed E-state index contributed by atoms with van der Waals surface area (Å²) in [5.74, 6) is -12.3. The van der Waals surface area contributed by atoms with Gasteiger partial charge in [-0.2, -0.15) is 17.2 Å². The van der Waals surface area contributed by atoms with Gasteiger partial charge in [0.25, 0.3) is 5.91 Å². The number of hydrogen-bond acceptors (Lipinski definition) is 28. The summed E-state index contributed by atoms with van der Waals surface area (Å²) in [5, 5.41) is 4.19. The lowest BCUT2D eigenvalue weighted by Gasteiger charge is -2.21. The Hall–Kier alpha value is -5.95. The SMILES string of the molecule is CCCN(OCC)C(=O)C1=Cc2ccc(-c3cnc(CNC(=O)CCOCCOCCOCCOCCOCCOCCOCCOCCOCCOCCOCCOCCOCCOCCOCCOCCOCCC(=O)Oc4c(F)c(F)c(S(=O)(=O)O)c(F)c4F)nc3)cc2N=C(N)C1. The minimum absolute atomic E-state index is 0.0174. The van der Waals surface area contributed by atoms with Gasteiger partial charge in [-0.1, -0.05) is 19.1 Å². The van der Waals surface area contributed by atoms with Crippen LogP contribution in [-0.4, -0.2) is 289 Å². The number of hydroxylamine groups is 2. The van der Waals surface area contributed by atoms with Gasteiger partial charge in [-0.25, -0.2) is 28.8 Å². The second kappa shape index (κ2) is 55.6. The summed E-state index contributed by atoms with van der Waals surface area (Å²) in [6, 6.07) is 5.67. The lowest BCUT2D eigenvalue weighted by atomic mass is 10.0. The first-order valence-corrected chi connectivity index (χ1v) is 34.6. The van der Waals surface area contributed by atoms with E-state index in [0.717, 1.165) is 23.1 Å². The maximum absolute atomic E-state index is 14.0. The van der Waals surface area contributed by atoms with E-state index < -0.39 is 56.4 Å². The van der Waals surface area contributed by atoms with Gasteiger partial charge >= 0.3 is 16.1 Å². The number of nitrogens with zero attached hydrogens (tertiary/aromatic N) is 4. The third-order valence-electron chi connectivity index (χ3n) is 13.2. The number of halogens is 4. The van der Waals surface area contributed by atoms with Crippen molar-refractivity contribution in [2.45, 2.75) is 51.0 Å². The van der Waals surface area contributed by atoms with Crippen molar-refractivity contribution in [3.8, 4) is 16.9 Å². The second-order valence-corrected chi connectivity index (χ2v) is 22.3. The van der Waals surface area contributed by atoms with Gasteiger partial charge in [-0.05, 0) is 31.1 Å². The van der Waals surface area contributed by atoms with Crippen LogP contribution in [0.1, 0.15) is 50.9 Å². The van der Waals surface area contributed by atoms with Gasteiger partial charge in [-0.15, -0.1) is 0 Å². The number of aromatic nitrogens is 2. The fourth-order valence-corrected chi connectivity index (χ4v) is 8.96. The Bertz CT molecular complexity index is 2920. The van der Waals surface area contributed by atoms with Crippen LogP contribution in [0.15, 0.2) is 46.1 Å². The van der Waals surface area contributed by atoms with E-state index in [2.05, 4.69) is 25.0 Å². The highest BCUT2D eigenvalue weighted by Gasteiger charge is 2.34. The van der Waals surface area contributed by atoms with E-state index in [-0.39, 0.29) is 70.8 Å². The number of esters is 1. The van der Waals surface area contributed by atoms with Crippen molar-refractivity contribution in [2.75, 3.05) is 238 Å². The van der Waals surface area contributed by atoms with Crippen LogP contribution >= 0.6 is 0 Å². The van der Waals surface area contributed by atoms with Gasteiger partial charge in [-0.3, -0.25) is 23.8 Å². The summed E-state index contributed by atoms with van der Waals surface area (Å²) in [7, 11) is -5.65. The average Bonchev–Trinajstić information content (AvgIpc) is 1.09. The average molecular weight is 1470 g/mol. The predicted molar refractivity (Wildman–Crippen MR) is 352 cm³/mol. The number of carbonyl (C=O) groups excluding carboxylic acids is 3. The number of nitrogens with one attached hydrogen (secondary N) is 1. The molecule has 572 valence electrons. The maximum atomic E-state index is 14.0. The second-order valence-electron chi connectivity index (χ2n) is 21.0. The number of hydrogen-bond donors (Lipinski definition) is 3. The van der Waals surface area contributed by atoms with E-state index in [4.69, 9.17) is 95.7 Å². The van der Waals surface area contributed by atoms with Crippen LogP contribution in [0.2, 0.25) is 0 Å². The molecule has 4 rings (SSSR count). The molecule has 3 aromatic rings. The van der Waals surface area contributed by atoms with Gasteiger partial charge < -0.3 is 96.3 Å². The maximum Gasteiger partial charge on any atom is 0.313 e. The van der Waals surface area contributed by atoms with Crippen LogP contribution in [-0.2, 0) is 116 Å². The largest absolute Gasteiger partial charge is 0.420 e. The lowest BCUT2D eigenvalue weighted by molar-refractivity contribution is -0.180. The molecule has 0 saturated carbocycles. The van der Waals surface area contributed by atoms with Crippen LogP contribution < -0.4 is 15.8 Å². The molecule has 36 heteroatoms. The highest BCUT2D eigenvalue weighted by Crippen LogP contribution is 2.34. The number of aliphatic imine (C=N–C) groups is 1. The monoisotopic (exact) mass is 1470 g/mol. The van der Waals surface area contributed by atoms with Crippen molar-refractivity contribution >= 4 is 45.5 Å². The molecule has 0 unspecified atom stereocenters. The Morgan fingerprint density at radius 2 is 0.871 bits per heavy atom. The Balaban J connectivity index is 0.770. The molecule has 0 fully saturated rings. The summed E-state index contributed by atoms with van der Waals surface area (Å²) in [6.45, 7) is 16.9. The number of benzene rings is 2. The van der Waals surface area contributed by atoms with Crippen molar-refractivity contribution in [1.82, 2.24) is 20.3 Å². The molecule has 1 aliphatic heterocycles. The molecular formula is C65H98F4N6O25S. The molecule has 2 amide bonds. The first-order valence-electron chi connectivity index (χ1n) is 33.2. The van der Waals surface area contributed by atoms with Gasteiger partial charge in [0.05, 0.1) is 250 Å². The topological polar surface area (TPSA) is 360 Å². The highest BCUT2D eigenvalue weighted by atomic mass is 32.2. The summed E-state index contributed by atoms with van der Waals surface area (Å²) in [4.78, 5) is 54.2. The molecule has 0 saturated heterocycles. The van der Waals surface area contributed by atoms with Crippen molar-refractivity contribution in [3.63, 3.8) is 0 Å². The molecule has 4 N–H and O–H groups in total. The molecule has 0 radical (unpaired) electrons. The zero-order chi connectivity index (χ0) is 72.8. The Morgan fingerprint density at radius 3 is 1.22 bits per heavy atom. The summed E-state index contributed by atoms with van der Waals surface area (Å²) >= 11 is 0. The van der Waals surface area contributed by atoms with Crippen LogP contribution in [0.25, 0.3) is 17.2 Å². The molecule has 1 aromatic heterocycles. The van der Waals surface area contributed by atoms with Crippen molar-refractivity contribution < 1.29 is 135 Å². The lowest BCUT2D eigenvalue weighted by Crippen LogP contribution is -2.34. The standard InChI is InChI=1S/C65H98F4N6O25S/c1-3-9-75(99-4-2)65(78)52-44-51-6-5-50(45-54(51)74-55(70)46-52)53-47-71-56(72-48-53)49-73-57(76)7-10-82-12-14-84-16-18-86-20-22-88-24-26-90-28-30-92-32-34-94-36-38-96-40-42-98-43-41-97-39-37-95-35-33-93-31-29-91-27-25-89-23-21-87-19-17-85-15-13-83-11-8-58(77)100-63-59(66)61(68)64(101(79,80)81)62(69)60(63)67/h5-6,44-45,47-48H,3-4,7-43,46,49H2,1-2H3,(H2,70,74)(H,73,76)(H,79,80,81). The van der Waals surface area contributed by atoms with E-state index >= 15 is 0 Å². The first-order chi connectivity index (χ1) is 49.1. The molecule has 31 nitrogen and oxygen atoms in total. The van der Waals surface area contributed by atoms with E-state index in [0.29, 0.717) is 221 Å². The van der Waals surface area contributed by atoms with Gasteiger partial charge in [0.15, 0.2) is 16.5 Å². The number of nitrogens with two attached hydrogens (primary N) is 1. The quantitative estimate of drug-likeness (QED) is 0.0136. The zero-order valence-corrected chi connectivity index (χ0v) is 58.3. The van der Waals surface area contributed by atoms with Crippen LogP contribution in [0.5, 0.6) is 5.75 Å². The highest BCUT2D eigenvalue weighted by molar-refractivity contribution is 7.85. The molecule has 0 atom stereocenters. The minimum atomic E-state index is -5.65. The number of ether oxygens (including phenoxy) is 18. The Labute approximate surface area is 586 Å². The summed E-state index contributed by atoms with van der Waals surface area (Å²) < 4.78 is 184. The van der Waals surface area contributed by atoms with Crippen molar-refractivity contribution in [3.05, 3.63) is 70.8 Å². The predicted octanol–water partition coefficient (Wildman–Crippen LogP) is 4.20. The number of carbonyl (C=O) groups is 3. The number of rotatable bonds is 64. The van der Waals surface area contributed by atoms with Gasteiger partial charge in [0, 0.05) is 48.5 Å². The molecule has 1 aliphatic rings. The number of amides is 2. The third kappa shape index (κ3) is 39.5. The summed E-state index contributed by atoms with van der Waals surface area (Å²) in [6.07, 6.45) is 5.72. The molecule has 2 aromatic carbocycles. The molecule has 0 bridgehead atoms. The molecule has 2 heterocycles. The Morgan fingerprint density at radius 1 is 0.515 bits per heavy atom. The van der Waals surface area contributed by atoms with Crippen LogP contribution in [0.3, 0.4) is 0 Å². The van der Waals surface area contributed by atoms with E-state index in [1.54, 1.807) is 18.5 Å². The smallest absolute Gasteiger partial charge is 0.313 e. The Kier molecular flexibility index (Phi) is 48.1. The molecular weight excluding hydrogens is 1370 g/mol. The first kappa shape index (κ1) is 87.5. The van der Waals surface area contributed by atoms with Crippen LogP contribution in [0.4, 0.5) is 23.2 Å². The third-order valence-corrected chi connectivity index (χ3v) is 14.1. The molecule has 101 heavy (non-hydrogen) atoms. The zero-order valence-electron chi connectivity index (χ0n) is 57.5. The number of fused-ring (bicyclic) bond motifs is 1. The fraction of sp³-hybridized carbons (Fsp3) is 0.662. The van der Waals surface area contributed by atoms with Crippen molar-refractivity contribution in [2.24, 2.45) is 10.7 Å². The molecule has 0 aliphatic carbocycles. The molecule has 0 spiro atoms. The van der Waals surface area contributed by atoms with Crippen LogP contribution in [0, 0.1) is 23.3 Å². The van der Waals surface area contributed by atoms with E-state index in [1.165, 1.54) is 5.06 Å². The van der Waals surface area contributed by atoms with Crippen molar-refractivity contribution in [1.29, 1.82) is 0 Å². The normalized spacial score (nSPS) is 12.3. The van der Waals surface area contributed by atoms with E-state index in [1.807, 2.05) is 32.0 Å². The van der Waals surface area contributed by atoms with Gasteiger partial charge in [0.2, 0.25) is 23.3 Å². The van der Waals surface area contributed by atoms with Gasteiger partial charge in [0.1, 0.15) is 11.7 Å². The van der Waals surface area contributed by atoms with E-state index in [9.17, 15) is 40.4 Å². The summed E-state index contributed by atoms with van der Waals surface area (Å²) in [5.41, 5.74) is 9.70.